The van der Waals surface area contributed by atoms with Crippen LogP contribution in [0.5, 0.6) is 0 Å². The molecule has 5 nitrogen and oxygen atoms in total. The van der Waals surface area contributed by atoms with Crippen molar-refractivity contribution in [3.8, 4) is 0 Å². The van der Waals surface area contributed by atoms with Crippen LogP contribution in [0.15, 0.2) is 6.33 Å². The third kappa shape index (κ3) is 3.29. The standard InChI is InChI=1S/C13H24N4O/c1-10(2)17-13(15-9-16-17)8-14-11(3)12-4-6-18-7-5-12/h9-12,14H,4-8H2,1-3H3. The summed E-state index contributed by atoms with van der Waals surface area (Å²) in [6.07, 6.45) is 3.95. The van der Waals surface area contributed by atoms with Gasteiger partial charge in [0, 0.05) is 25.3 Å². The molecule has 2 rings (SSSR count). The fourth-order valence-electron chi connectivity index (χ4n) is 2.47. The quantitative estimate of drug-likeness (QED) is 0.867. The minimum Gasteiger partial charge on any atom is -0.381 e. The van der Waals surface area contributed by atoms with Crippen molar-refractivity contribution in [3.05, 3.63) is 12.2 Å². The van der Waals surface area contributed by atoms with E-state index in [1.165, 1.54) is 0 Å². The van der Waals surface area contributed by atoms with E-state index in [0.717, 1.165) is 38.4 Å². The van der Waals surface area contributed by atoms with E-state index >= 15 is 0 Å². The van der Waals surface area contributed by atoms with Gasteiger partial charge in [0.15, 0.2) is 0 Å². The predicted octanol–water partition coefficient (Wildman–Crippen LogP) is 1.76. The molecule has 5 heteroatoms. The van der Waals surface area contributed by atoms with E-state index in [1.807, 2.05) is 4.68 Å². The number of nitrogens with zero attached hydrogens (tertiary/aromatic N) is 3. The molecule has 2 heterocycles. The Morgan fingerprint density at radius 1 is 1.39 bits per heavy atom. The lowest BCUT2D eigenvalue weighted by Crippen LogP contribution is -2.37. The summed E-state index contributed by atoms with van der Waals surface area (Å²) in [5, 5.41) is 7.82. The molecular formula is C13H24N4O. The molecule has 1 N–H and O–H groups in total. The summed E-state index contributed by atoms with van der Waals surface area (Å²) in [6.45, 7) is 9.10. The van der Waals surface area contributed by atoms with E-state index in [-0.39, 0.29) is 0 Å². The lowest BCUT2D eigenvalue weighted by atomic mass is 9.93. The SMILES string of the molecule is CC(NCc1ncnn1C(C)C)C1CCOCC1. The van der Waals surface area contributed by atoms with Crippen molar-refractivity contribution < 1.29 is 4.74 Å². The first-order valence-electron chi connectivity index (χ1n) is 6.88. The van der Waals surface area contributed by atoms with Crippen molar-refractivity contribution >= 4 is 0 Å². The Kier molecular flexibility index (Phi) is 4.72. The summed E-state index contributed by atoms with van der Waals surface area (Å²) in [5.74, 6) is 1.73. The predicted molar refractivity (Wildman–Crippen MR) is 70.3 cm³/mol. The molecule has 1 unspecified atom stereocenters. The fraction of sp³-hybridized carbons (Fsp3) is 0.846. The third-order valence-electron chi connectivity index (χ3n) is 3.69. The largest absolute Gasteiger partial charge is 0.381 e. The molecule has 18 heavy (non-hydrogen) atoms. The van der Waals surface area contributed by atoms with Crippen LogP contribution in [0.3, 0.4) is 0 Å². The van der Waals surface area contributed by atoms with Gasteiger partial charge in [-0.25, -0.2) is 9.67 Å². The lowest BCUT2D eigenvalue weighted by Gasteiger charge is -2.28. The topological polar surface area (TPSA) is 52.0 Å². The van der Waals surface area contributed by atoms with Crippen molar-refractivity contribution in [3.63, 3.8) is 0 Å². The first-order chi connectivity index (χ1) is 8.68. The second-order valence-corrected chi connectivity index (χ2v) is 5.33. The Bertz CT molecular complexity index is 358. The highest BCUT2D eigenvalue weighted by Gasteiger charge is 2.20. The molecule has 1 aliphatic rings. The molecule has 0 aromatic carbocycles. The highest BCUT2D eigenvalue weighted by molar-refractivity contribution is 4.87. The maximum absolute atomic E-state index is 5.40. The second-order valence-electron chi connectivity index (χ2n) is 5.33. The number of hydrogen-bond donors (Lipinski definition) is 1. The molecule has 0 radical (unpaired) electrons. The van der Waals surface area contributed by atoms with Gasteiger partial charge in [0.1, 0.15) is 12.2 Å². The van der Waals surface area contributed by atoms with E-state index in [4.69, 9.17) is 4.74 Å². The van der Waals surface area contributed by atoms with Gasteiger partial charge in [0.05, 0.1) is 6.54 Å². The average Bonchev–Trinajstić information content (AvgIpc) is 2.85. The van der Waals surface area contributed by atoms with Crippen molar-refractivity contribution in [1.82, 2.24) is 20.1 Å². The Balaban J connectivity index is 1.84. The highest BCUT2D eigenvalue weighted by atomic mass is 16.5. The van der Waals surface area contributed by atoms with Gasteiger partial charge in [-0.2, -0.15) is 5.10 Å². The maximum atomic E-state index is 5.40. The molecule has 1 aromatic heterocycles. The Labute approximate surface area is 109 Å². The Hall–Kier alpha value is -0.940. The van der Waals surface area contributed by atoms with Gasteiger partial charge < -0.3 is 10.1 Å². The third-order valence-corrected chi connectivity index (χ3v) is 3.69. The molecule has 0 bridgehead atoms. The molecule has 1 fully saturated rings. The average molecular weight is 252 g/mol. The molecule has 0 amide bonds. The molecular weight excluding hydrogens is 228 g/mol. The van der Waals surface area contributed by atoms with Crippen LogP contribution in [0.25, 0.3) is 0 Å². The molecule has 1 aromatic rings. The van der Waals surface area contributed by atoms with Gasteiger partial charge in [-0.3, -0.25) is 0 Å². The fourth-order valence-corrected chi connectivity index (χ4v) is 2.47. The van der Waals surface area contributed by atoms with Gasteiger partial charge in [-0.15, -0.1) is 0 Å². The highest BCUT2D eigenvalue weighted by Crippen LogP contribution is 2.18. The smallest absolute Gasteiger partial charge is 0.141 e. The summed E-state index contributed by atoms with van der Waals surface area (Å²) >= 11 is 0. The van der Waals surface area contributed by atoms with E-state index < -0.39 is 0 Å². The first-order valence-corrected chi connectivity index (χ1v) is 6.88. The summed E-state index contributed by atoms with van der Waals surface area (Å²) in [6, 6.07) is 0.869. The zero-order valence-electron chi connectivity index (χ0n) is 11.6. The zero-order chi connectivity index (χ0) is 13.0. The normalized spacial score (nSPS) is 19.3. The van der Waals surface area contributed by atoms with Crippen LogP contribution >= 0.6 is 0 Å². The van der Waals surface area contributed by atoms with Crippen molar-refractivity contribution in [2.75, 3.05) is 13.2 Å². The van der Waals surface area contributed by atoms with Crippen LogP contribution in [0, 0.1) is 5.92 Å². The Morgan fingerprint density at radius 2 is 2.11 bits per heavy atom. The monoisotopic (exact) mass is 252 g/mol. The lowest BCUT2D eigenvalue weighted by molar-refractivity contribution is 0.0556. The molecule has 102 valence electrons. The number of rotatable bonds is 5. The van der Waals surface area contributed by atoms with E-state index in [1.54, 1.807) is 6.33 Å². The van der Waals surface area contributed by atoms with Gasteiger partial charge in [0.2, 0.25) is 0 Å². The number of nitrogens with one attached hydrogen (secondary N) is 1. The van der Waals surface area contributed by atoms with Crippen LogP contribution in [0.1, 0.15) is 45.5 Å². The Morgan fingerprint density at radius 3 is 2.78 bits per heavy atom. The van der Waals surface area contributed by atoms with Gasteiger partial charge >= 0.3 is 0 Å². The van der Waals surface area contributed by atoms with Crippen LogP contribution in [-0.4, -0.2) is 34.0 Å². The minimum absolute atomic E-state index is 0.364. The molecule has 1 aliphatic heterocycles. The zero-order valence-corrected chi connectivity index (χ0v) is 11.6. The second kappa shape index (κ2) is 6.29. The summed E-state index contributed by atoms with van der Waals surface area (Å²) < 4.78 is 7.37. The van der Waals surface area contributed by atoms with Crippen molar-refractivity contribution in [2.24, 2.45) is 5.92 Å². The first kappa shape index (κ1) is 13.5. The van der Waals surface area contributed by atoms with E-state index in [9.17, 15) is 0 Å². The van der Waals surface area contributed by atoms with Gasteiger partial charge in [-0.1, -0.05) is 0 Å². The molecule has 0 spiro atoms. The summed E-state index contributed by atoms with van der Waals surface area (Å²) in [5.41, 5.74) is 0. The summed E-state index contributed by atoms with van der Waals surface area (Å²) in [7, 11) is 0. The van der Waals surface area contributed by atoms with Crippen LogP contribution in [0.2, 0.25) is 0 Å². The molecule has 0 saturated carbocycles. The number of aromatic nitrogens is 3. The van der Waals surface area contributed by atoms with Gasteiger partial charge in [-0.05, 0) is 39.5 Å². The van der Waals surface area contributed by atoms with Crippen LogP contribution in [0.4, 0.5) is 0 Å². The number of hydrogen-bond acceptors (Lipinski definition) is 4. The van der Waals surface area contributed by atoms with E-state index in [0.29, 0.717) is 18.0 Å². The van der Waals surface area contributed by atoms with E-state index in [2.05, 4.69) is 36.2 Å². The van der Waals surface area contributed by atoms with Crippen molar-refractivity contribution in [1.29, 1.82) is 0 Å². The van der Waals surface area contributed by atoms with Crippen LogP contribution in [-0.2, 0) is 11.3 Å². The molecule has 1 saturated heterocycles. The summed E-state index contributed by atoms with van der Waals surface area (Å²) in [4.78, 5) is 4.32. The molecule has 0 aliphatic carbocycles. The van der Waals surface area contributed by atoms with Crippen LogP contribution < -0.4 is 5.32 Å². The molecule has 1 atom stereocenters. The maximum Gasteiger partial charge on any atom is 0.141 e. The van der Waals surface area contributed by atoms with Crippen molar-refractivity contribution in [2.45, 2.75) is 52.2 Å². The number of ether oxygens (including phenoxy) is 1. The minimum atomic E-state index is 0.364. The van der Waals surface area contributed by atoms with Gasteiger partial charge in [0.25, 0.3) is 0 Å².